The minimum absolute atomic E-state index is 0.0274. The highest BCUT2D eigenvalue weighted by Gasteiger charge is 2.30. The van der Waals surface area contributed by atoms with E-state index in [1.54, 1.807) is 25.1 Å². The van der Waals surface area contributed by atoms with E-state index in [2.05, 4.69) is 5.32 Å². The standard InChI is InChI=1S/C24H32FN3O4S/c1-6-18(3)26-24(30)19(4)27(15-20-10-12-21(25)13-11-20)23(29)16-28(33(5,31)32)22-9-7-8-17(2)14-22/h7-14,18-19H,6,15-16H2,1-5H3,(H,26,30). The second-order valence-corrected chi connectivity index (χ2v) is 10.2. The van der Waals surface area contributed by atoms with Crippen molar-refractivity contribution >= 4 is 27.5 Å². The Morgan fingerprint density at radius 1 is 1.09 bits per heavy atom. The predicted molar refractivity (Wildman–Crippen MR) is 128 cm³/mol. The Morgan fingerprint density at radius 2 is 1.73 bits per heavy atom. The third-order valence-electron chi connectivity index (χ3n) is 5.40. The van der Waals surface area contributed by atoms with Crippen molar-refractivity contribution < 1.29 is 22.4 Å². The number of amides is 2. The van der Waals surface area contributed by atoms with Crippen molar-refractivity contribution in [1.82, 2.24) is 10.2 Å². The van der Waals surface area contributed by atoms with Crippen LogP contribution in [0.1, 0.15) is 38.3 Å². The number of benzene rings is 2. The van der Waals surface area contributed by atoms with Gasteiger partial charge < -0.3 is 10.2 Å². The molecule has 0 bridgehead atoms. The second kappa shape index (κ2) is 11.3. The third kappa shape index (κ3) is 7.56. The first-order valence-electron chi connectivity index (χ1n) is 10.8. The molecule has 0 radical (unpaired) electrons. The molecule has 180 valence electrons. The number of hydrogen-bond acceptors (Lipinski definition) is 4. The molecule has 2 atom stereocenters. The molecule has 0 heterocycles. The molecule has 0 fully saturated rings. The number of anilines is 1. The van der Waals surface area contributed by atoms with Gasteiger partial charge >= 0.3 is 0 Å². The van der Waals surface area contributed by atoms with Crippen molar-refractivity contribution in [1.29, 1.82) is 0 Å². The topological polar surface area (TPSA) is 86.8 Å². The van der Waals surface area contributed by atoms with E-state index in [1.165, 1.54) is 29.2 Å². The monoisotopic (exact) mass is 477 g/mol. The first kappa shape index (κ1) is 26.3. The van der Waals surface area contributed by atoms with Crippen LogP contribution < -0.4 is 9.62 Å². The fraction of sp³-hybridized carbons (Fsp3) is 0.417. The summed E-state index contributed by atoms with van der Waals surface area (Å²) in [6, 6.07) is 11.5. The number of nitrogens with zero attached hydrogens (tertiary/aromatic N) is 2. The van der Waals surface area contributed by atoms with Gasteiger partial charge in [0.1, 0.15) is 18.4 Å². The Balaban J connectivity index is 2.37. The highest BCUT2D eigenvalue weighted by molar-refractivity contribution is 7.92. The number of sulfonamides is 1. The number of carbonyl (C=O) groups is 2. The molecule has 2 aromatic carbocycles. The van der Waals surface area contributed by atoms with Crippen molar-refractivity contribution in [2.45, 2.75) is 52.7 Å². The number of hydrogen-bond donors (Lipinski definition) is 1. The van der Waals surface area contributed by atoms with Gasteiger partial charge in [-0.3, -0.25) is 13.9 Å². The molecule has 1 N–H and O–H groups in total. The Labute approximate surface area is 195 Å². The van der Waals surface area contributed by atoms with Crippen LogP contribution in [0, 0.1) is 12.7 Å². The summed E-state index contributed by atoms with van der Waals surface area (Å²) in [6.45, 7) is 6.78. The molecule has 2 unspecified atom stereocenters. The minimum Gasteiger partial charge on any atom is -0.352 e. The molecule has 0 saturated carbocycles. The van der Waals surface area contributed by atoms with Gasteiger partial charge in [-0.1, -0.05) is 31.2 Å². The van der Waals surface area contributed by atoms with Gasteiger partial charge in [0.25, 0.3) is 0 Å². The smallest absolute Gasteiger partial charge is 0.244 e. The van der Waals surface area contributed by atoms with Crippen LogP contribution in [0.3, 0.4) is 0 Å². The van der Waals surface area contributed by atoms with Crippen LogP contribution in [-0.4, -0.2) is 50.0 Å². The molecule has 2 aromatic rings. The summed E-state index contributed by atoms with van der Waals surface area (Å²) >= 11 is 0. The molecule has 2 amide bonds. The lowest BCUT2D eigenvalue weighted by atomic mass is 10.1. The molecular weight excluding hydrogens is 445 g/mol. The van der Waals surface area contributed by atoms with E-state index in [9.17, 15) is 22.4 Å². The first-order chi connectivity index (χ1) is 15.4. The summed E-state index contributed by atoms with van der Waals surface area (Å²) in [5, 5.41) is 2.86. The molecule has 0 aliphatic rings. The van der Waals surface area contributed by atoms with Crippen LogP contribution in [0.4, 0.5) is 10.1 Å². The summed E-state index contributed by atoms with van der Waals surface area (Å²) < 4.78 is 39.4. The van der Waals surface area contributed by atoms with Gasteiger partial charge in [0.05, 0.1) is 11.9 Å². The van der Waals surface area contributed by atoms with Crippen LogP contribution in [0.15, 0.2) is 48.5 Å². The molecule has 0 spiro atoms. The maximum Gasteiger partial charge on any atom is 0.244 e. The average Bonchev–Trinajstić information content (AvgIpc) is 2.75. The van der Waals surface area contributed by atoms with Crippen molar-refractivity contribution in [3.8, 4) is 0 Å². The minimum atomic E-state index is -3.77. The van der Waals surface area contributed by atoms with Gasteiger partial charge in [-0.05, 0) is 62.6 Å². The van der Waals surface area contributed by atoms with E-state index < -0.39 is 34.3 Å². The van der Waals surface area contributed by atoms with Gasteiger partial charge in [0.15, 0.2) is 0 Å². The zero-order valence-electron chi connectivity index (χ0n) is 19.7. The molecule has 0 aromatic heterocycles. The fourth-order valence-electron chi connectivity index (χ4n) is 3.23. The van der Waals surface area contributed by atoms with Crippen molar-refractivity contribution in [2.24, 2.45) is 0 Å². The molecule has 0 aliphatic heterocycles. The van der Waals surface area contributed by atoms with Gasteiger partial charge in [0.2, 0.25) is 21.8 Å². The van der Waals surface area contributed by atoms with E-state index in [-0.39, 0.29) is 18.5 Å². The summed E-state index contributed by atoms with van der Waals surface area (Å²) in [4.78, 5) is 27.5. The van der Waals surface area contributed by atoms with E-state index in [0.29, 0.717) is 11.3 Å². The molecule has 2 rings (SSSR count). The Hall–Kier alpha value is -2.94. The number of aryl methyl sites for hydroxylation is 1. The zero-order valence-corrected chi connectivity index (χ0v) is 20.5. The number of halogens is 1. The number of rotatable bonds is 10. The van der Waals surface area contributed by atoms with E-state index in [4.69, 9.17) is 0 Å². The molecule has 0 saturated heterocycles. The zero-order chi connectivity index (χ0) is 24.8. The third-order valence-corrected chi connectivity index (χ3v) is 6.54. The first-order valence-corrected chi connectivity index (χ1v) is 12.7. The molecule has 33 heavy (non-hydrogen) atoms. The van der Waals surface area contributed by atoms with Crippen LogP contribution in [0.25, 0.3) is 0 Å². The molecule has 9 heteroatoms. The number of carbonyl (C=O) groups excluding carboxylic acids is 2. The van der Waals surface area contributed by atoms with Crippen LogP contribution in [0.5, 0.6) is 0 Å². The maximum atomic E-state index is 13.4. The Morgan fingerprint density at radius 3 is 2.27 bits per heavy atom. The Bertz CT molecular complexity index is 1070. The highest BCUT2D eigenvalue weighted by atomic mass is 32.2. The van der Waals surface area contributed by atoms with Crippen LogP contribution in [0.2, 0.25) is 0 Å². The van der Waals surface area contributed by atoms with Crippen LogP contribution in [-0.2, 0) is 26.2 Å². The van der Waals surface area contributed by atoms with E-state index in [0.717, 1.165) is 22.5 Å². The lowest BCUT2D eigenvalue weighted by molar-refractivity contribution is -0.139. The van der Waals surface area contributed by atoms with Crippen LogP contribution >= 0.6 is 0 Å². The SMILES string of the molecule is CCC(C)NC(=O)C(C)N(Cc1ccc(F)cc1)C(=O)CN(c1cccc(C)c1)S(C)(=O)=O. The summed E-state index contributed by atoms with van der Waals surface area (Å²) in [5.74, 6) is -1.30. The molecule has 0 aliphatic carbocycles. The van der Waals surface area contributed by atoms with Crippen molar-refractivity contribution in [3.63, 3.8) is 0 Å². The van der Waals surface area contributed by atoms with E-state index in [1.807, 2.05) is 26.8 Å². The summed E-state index contributed by atoms with van der Waals surface area (Å²) in [7, 11) is -3.77. The van der Waals surface area contributed by atoms with E-state index >= 15 is 0 Å². The highest BCUT2D eigenvalue weighted by Crippen LogP contribution is 2.20. The largest absolute Gasteiger partial charge is 0.352 e. The molecular formula is C24H32FN3O4S. The average molecular weight is 478 g/mol. The summed E-state index contributed by atoms with van der Waals surface area (Å²) in [5.41, 5.74) is 1.83. The summed E-state index contributed by atoms with van der Waals surface area (Å²) in [6.07, 6.45) is 1.76. The maximum absolute atomic E-state index is 13.4. The van der Waals surface area contributed by atoms with Gasteiger partial charge in [0, 0.05) is 12.6 Å². The van der Waals surface area contributed by atoms with Gasteiger partial charge in [-0.2, -0.15) is 0 Å². The Kier molecular flexibility index (Phi) is 8.99. The van der Waals surface area contributed by atoms with Gasteiger partial charge in [-0.25, -0.2) is 12.8 Å². The molecule has 7 nitrogen and oxygen atoms in total. The number of nitrogens with one attached hydrogen (secondary N) is 1. The predicted octanol–water partition coefficient (Wildman–Crippen LogP) is 3.23. The quantitative estimate of drug-likeness (QED) is 0.569. The van der Waals surface area contributed by atoms with Crippen molar-refractivity contribution in [3.05, 3.63) is 65.5 Å². The fourth-order valence-corrected chi connectivity index (χ4v) is 4.07. The van der Waals surface area contributed by atoms with Crippen molar-refractivity contribution in [2.75, 3.05) is 17.1 Å². The van der Waals surface area contributed by atoms with Gasteiger partial charge in [-0.15, -0.1) is 0 Å². The normalized spacial score (nSPS) is 13.2. The second-order valence-electron chi connectivity index (χ2n) is 8.25. The lowest BCUT2D eigenvalue weighted by Gasteiger charge is -2.32. The lowest BCUT2D eigenvalue weighted by Crippen LogP contribution is -2.52.